The van der Waals surface area contributed by atoms with Crippen LogP contribution in [0.3, 0.4) is 0 Å². The average Bonchev–Trinajstić information content (AvgIpc) is 3.07. The van der Waals surface area contributed by atoms with Gasteiger partial charge in [-0.05, 0) is 53.7 Å². The van der Waals surface area contributed by atoms with Gasteiger partial charge in [-0.3, -0.25) is 19.3 Å². The molecule has 0 aliphatic carbocycles. The molecule has 1 N–H and O–H groups in total. The lowest BCUT2D eigenvalue weighted by Crippen LogP contribution is -2.37. The van der Waals surface area contributed by atoms with Gasteiger partial charge in [0.25, 0.3) is 17.1 Å². The van der Waals surface area contributed by atoms with Crippen molar-refractivity contribution in [2.24, 2.45) is 0 Å². The van der Waals surface area contributed by atoms with Crippen LogP contribution in [0, 0.1) is 0 Å². The lowest BCUT2D eigenvalue weighted by atomic mass is 10.2. The molecule has 0 atom stereocenters. The van der Waals surface area contributed by atoms with Gasteiger partial charge in [0.05, 0.1) is 9.80 Å². The van der Waals surface area contributed by atoms with Crippen molar-refractivity contribution in [2.45, 2.75) is 11.5 Å². The van der Waals surface area contributed by atoms with Crippen LogP contribution in [0.5, 0.6) is 5.75 Å². The number of carbonyl (C=O) groups excluding carboxylic acids is 3. The number of imide groups is 1. The van der Waals surface area contributed by atoms with Crippen LogP contribution in [0.25, 0.3) is 6.08 Å². The second kappa shape index (κ2) is 11.0. The van der Waals surface area contributed by atoms with Gasteiger partial charge in [0.1, 0.15) is 5.75 Å². The zero-order valence-electron chi connectivity index (χ0n) is 18.6. The molecular weight excluding hydrogens is 504 g/mol. The van der Waals surface area contributed by atoms with E-state index in [1.807, 2.05) is 0 Å². The van der Waals surface area contributed by atoms with Crippen LogP contribution in [0.1, 0.15) is 15.9 Å². The van der Waals surface area contributed by atoms with Crippen molar-refractivity contribution in [1.82, 2.24) is 14.5 Å². The second-order valence-corrected chi connectivity index (χ2v) is 10.5. The number of hydrogen-bond acceptors (Lipinski definition) is 7. The number of hydrogen-bond donors (Lipinski definition) is 1. The van der Waals surface area contributed by atoms with Crippen LogP contribution in [0.4, 0.5) is 13.6 Å². The molecule has 2 aromatic rings. The topological polar surface area (TPSA) is 113 Å². The molecule has 0 spiro atoms. The van der Waals surface area contributed by atoms with E-state index in [1.54, 1.807) is 0 Å². The number of carbonyl (C=O) groups is 3. The quantitative estimate of drug-likeness (QED) is 0.501. The molecule has 1 heterocycles. The minimum Gasteiger partial charge on any atom is -0.435 e. The SMILES string of the molecule is CN(C)S(=O)(=O)c1cccc(C(=O)NCCN2C(=O)SC(=Cc3ccc(OC(F)F)cc3)C2=O)c1. The van der Waals surface area contributed by atoms with Crippen molar-refractivity contribution in [1.29, 1.82) is 0 Å². The normalized spacial score (nSPS) is 15.4. The van der Waals surface area contributed by atoms with E-state index < -0.39 is 33.7 Å². The van der Waals surface area contributed by atoms with E-state index in [4.69, 9.17) is 0 Å². The predicted octanol–water partition coefficient (Wildman–Crippen LogP) is 3.00. The van der Waals surface area contributed by atoms with Crippen LogP contribution >= 0.6 is 11.8 Å². The zero-order valence-corrected chi connectivity index (χ0v) is 20.2. The standard InChI is InChI=1S/C22H21F2N3O6S2/c1-26(2)35(31,32)17-5-3-4-15(13-17)19(28)25-10-11-27-20(29)18(34-22(27)30)12-14-6-8-16(9-7-14)33-21(23)24/h3-9,12-13,21H,10-11H2,1-2H3,(H,25,28). The molecule has 1 saturated heterocycles. The largest absolute Gasteiger partial charge is 0.435 e. The fourth-order valence-corrected chi connectivity index (χ4v) is 4.79. The summed E-state index contributed by atoms with van der Waals surface area (Å²) in [5, 5.41) is 2.04. The Labute approximate surface area is 204 Å². The minimum absolute atomic E-state index is 0.0363. The Morgan fingerprint density at radius 2 is 1.86 bits per heavy atom. The summed E-state index contributed by atoms with van der Waals surface area (Å²) in [5.41, 5.74) is 0.624. The highest BCUT2D eigenvalue weighted by atomic mass is 32.2. The van der Waals surface area contributed by atoms with Crippen LogP contribution < -0.4 is 10.1 Å². The number of alkyl halides is 2. The van der Waals surface area contributed by atoms with Gasteiger partial charge in [-0.2, -0.15) is 8.78 Å². The fraction of sp³-hybridized carbons (Fsp3) is 0.227. The number of thioether (sulfide) groups is 1. The van der Waals surface area contributed by atoms with Crippen molar-refractivity contribution in [3.05, 3.63) is 64.6 Å². The molecule has 1 fully saturated rings. The predicted molar refractivity (Wildman–Crippen MR) is 125 cm³/mol. The first-order valence-electron chi connectivity index (χ1n) is 10.1. The van der Waals surface area contributed by atoms with Gasteiger partial charge in [0.15, 0.2) is 0 Å². The lowest BCUT2D eigenvalue weighted by Gasteiger charge is -2.14. The van der Waals surface area contributed by atoms with Gasteiger partial charge < -0.3 is 10.1 Å². The van der Waals surface area contributed by atoms with Crippen LogP contribution in [0.2, 0.25) is 0 Å². The molecule has 0 bridgehead atoms. The van der Waals surface area contributed by atoms with E-state index in [2.05, 4.69) is 10.1 Å². The molecule has 186 valence electrons. The summed E-state index contributed by atoms with van der Waals surface area (Å²) in [6, 6.07) is 11.1. The summed E-state index contributed by atoms with van der Waals surface area (Å²) in [4.78, 5) is 38.4. The maximum Gasteiger partial charge on any atom is 0.387 e. The number of sulfonamides is 1. The summed E-state index contributed by atoms with van der Waals surface area (Å²) in [7, 11) is -0.957. The first-order chi connectivity index (χ1) is 16.5. The second-order valence-electron chi connectivity index (χ2n) is 7.35. The third kappa shape index (κ3) is 6.44. The Kier molecular flexibility index (Phi) is 8.25. The van der Waals surface area contributed by atoms with E-state index in [-0.39, 0.29) is 34.2 Å². The van der Waals surface area contributed by atoms with Crippen LogP contribution in [0.15, 0.2) is 58.3 Å². The molecule has 2 aromatic carbocycles. The van der Waals surface area contributed by atoms with Gasteiger partial charge in [-0.1, -0.05) is 18.2 Å². The number of nitrogens with one attached hydrogen (secondary N) is 1. The number of ether oxygens (including phenoxy) is 1. The highest BCUT2D eigenvalue weighted by Crippen LogP contribution is 2.32. The van der Waals surface area contributed by atoms with Crippen molar-refractivity contribution in [3.8, 4) is 5.75 Å². The average molecular weight is 526 g/mol. The Morgan fingerprint density at radius 1 is 1.17 bits per heavy atom. The van der Waals surface area contributed by atoms with Gasteiger partial charge in [-0.25, -0.2) is 12.7 Å². The Morgan fingerprint density at radius 3 is 2.49 bits per heavy atom. The Bertz CT molecular complexity index is 1260. The number of nitrogens with zero attached hydrogens (tertiary/aromatic N) is 2. The molecule has 3 amide bonds. The molecule has 0 unspecified atom stereocenters. The molecule has 1 aliphatic rings. The number of amides is 3. The minimum atomic E-state index is -3.71. The summed E-state index contributed by atoms with van der Waals surface area (Å²) in [6.45, 7) is -3.09. The number of halogens is 2. The number of benzene rings is 2. The zero-order chi connectivity index (χ0) is 25.8. The summed E-state index contributed by atoms with van der Waals surface area (Å²) in [6.07, 6.45) is 1.45. The van der Waals surface area contributed by atoms with Crippen LogP contribution in [-0.4, -0.2) is 68.5 Å². The van der Waals surface area contributed by atoms with Crippen LogP contribution in [-0.2, 0) is 14.8 Å². The summed E-state index contributed by atoms with van der Waals surface area (Å²) >= 11 is 0.717. The van der Waals surface area contributed by atoms with Crippen molar-refractivity contribution >= 4 is 44.9 Å². The monoisotopic (exact) mass is 525 g/mol. The highest BCUT2D eigenvalue weighted by Gasteiger charge is 2.34. The van der Waals surface area contributed by atoms with E-state index in [9.17, 15) is 31.6 Å². The fourth-order valence-electron chi connectivity index (χ4n) is 2.98. The van der Waals surface area contributed by atoms with E-state index in [1.165, 1.54) is 68.7 Å². The summed E-state index contributed by atoms with van der Waals surface area (Å²) in [5.74, 6) is -1.15. The summed E-state index contributed by atoms with van der Waals surface area (Å²) < 4.78 is 54.3. The Balaban J connectivity index is 1.60. The first-order valence-corrected chi connectivity index (χ1v) is 12.4. The molecule has 0 radical (unpaired) electrons. The number of rotatable bonds is 9. The maximum absolute atomic E-state index is 12.6. The third-order valence-electron chi connectivity index (χ3n) is 4.77. The molecule has 0 aromatic heterocycles. The maximum atomic E-state index is 12.6. The lowest BCUT2D eigenvalue weighted by molar-refractivity contribution is -0.122. The van der Waals surface area contributed by atoms with E-state index >= 15 is 0 Å². The van der Waals surface area contributed by atoms with Gasteiger partial charge in [0.2, 0.25) is 10.0 Å². The molecule has 13 heteroatoms. The molecule has 3 rings (SSSR count). The third-order valence-corrected chi connectivity index (χ3v) is 7.49. The molecule has 1 aliphatic heterocycles. The van der Waals surface area contributed by atoms with Gasteiger partial charge in [0, 0.05) is 32.7 Å². The van der Waals surface area contributed by atoms with E-state index in [0.29, 0.717) is 5.56 Å². The molecule has 9 nitrogen and oxygen atoms in total. The van der Waals surface area contributed by atoms with Crippen molar-refractivity contribution < 1.29 is 36.3 Å². The van der Waals surface area contributed by atoms with Gasteiger partial charge >= 0.3 is 6.61 Å². The highest BCUT2D eigenvalue weighted by molar-refractivity contribution is 8.18. The van der Waals surface area contributed by atoms with Crippen molar-refractivity contribution in [3.63, 3.8) is 0 Å². The van der Waals surface area contributed by atoms with E-state index in [0.717, 1.165) is 21.0 Å². The molecule has 35 heavy (non-hydrogen) atoms. The molecular formula is C22H21F2N3O6S2. The van der Waals surface area contributed by atoms with Crippen molar-refractivity contribution in [2.75, 3.05) is 27.2 Å². The van der Waals surface area contributed by atoms with Gasteiger partial charge in [-0.15, -0.1) is 0 Å². The Hall–Kier alpha value is -3.29. The molecule has 0 saturated carbocycles. The smallest absolute Gasteiger partial charge is 0.387 e. The first kappa shape index (κ1) is 26.3.